The van der Waals surface area contributed by atoms with Crippen molar-refractivity contribution >= 4 is 17.3 Å². The normalized spacial score (nSPS) is 10.4. The Hall–Kier alpha value is -1.71. The Morgan fingerprint density at radius 1 is 1.44 bits per heavy atom. The minimum Gasteiger partial charge on any atom is -0.399 e. The van der Waals surface area contributed by atoms with Crippen LogP contribution in [0.2, 0.25) is 0 Å². The lowest BCUT2D eigenvalue weighted by Crippen LogP contribution is -2.40. The molecule has 3 N–H and O–H groups in total. The number of benzene rings is 1. The lowest BCUT2D eigenvalue weighted by Gasteiger charge is -2.24. The van der Waals surface area contributed by atoms with Crippen molar-refractivity contribution in [1.29, 1.82) is 0 Å². The number of carbonyl (C=O) groups is 1. The van der Waals surface area contributed by atoms with Gasteiger partial charge in [0.25, 0.3) is 0 Å². The summed E-state index contributed by atoms with van der Waals surface area (Å²) in [5, 5.41) is 2.90. The second-order valence-corrected chi connectivity index (χ2v) is 4.74. The molecule has 1 aromatic carbocycles. The average Bonchev–Trinajstić information content (AvgIpc) is 2.27. The van der Waals surface area contributed by atoms with Gasteiger partial charge in [0.05, 0.1) is 6.54 Å². The van der Waals surface area contributed by atoms with Crippen LogP contribution in [0.4, 0.5) is 11.4 Å². The van der Waals surface area contributed by atoms with Gasteiger partial charge in [0, 0.05) is 24.0 Å². The number of nitrogens with one attached hydrogen (secondary N) is 1. The Morgan fingerprint density at radius 2 is 2.17 bits per heavy atom. The van der Waals surface area contributed by atoms with Gasteiger partial charge < -0.3 is 16.0 Å². The Kier molecular flexibility index (Phi) is 5.49. The fraction of sp³-hybridized carbons (Fsp3) is 0.500. The van der Waals surface area contributed by atoms with Gasteiger partial charge in [-0.3, -0.25) is 4.79 Å². The molecule has 0 unspecified atom stereocenters. The zero-order valence-electron chi connectivity index (χ0n) is 11.4. The summed E-state index contributed by atoms with van der Waals surface area (Å²) in [6.07, 6.45) is 0.990. The summed E-state index contributed by atoms with van der Waals surface area (Å²) < 4.78 is 0. The average molecular weight is 249 g/mol. The molecule has 0 aliphatic heterocycles. The van der Waals surface area contributed by atoms with Gasteiger partial charge in [-0.25, -0.2) is 0 Å². The summed E-state index contributed by atoms with van der Waals surface area (Å²) in [7, 11) is 0. The summed E-state index contributed by atoms with van der Waals surface area (Å²) in [5.41, 5.74) is 7.49. The van der Waals surface area contributed by atoms with E-state index in [-0.39, 0.29) is 11.9 Å². The molecule has 1 rings (SSSR count). The van der Waals surface area contributed by atoms with Crippen LogP contribution in [0.15, 0.2) is 24.3 Å². The van der Waals surface area contributed by atoms with Crippen LogP contribution in [-0.4, -0.2) is 25.0 Å². The predicted molar refractivity (Wildman–Crippen MR) is 76.6 cm³/mol. The highest BCUT2D eigenvalue weighted by Gasteiger charge is 2.11. The van der Waals surface area contributed by atoms with Crippen LogP contribution < -0.4 is 16.0 Å². The van der Waals surface area contributed by atoms with Crippen molar-refractivity contribution in [2.24, 2.45) is 0 Å². The molecule has 0 saturated carbocycles. The molecule has 18 heavy (non-hydrogen) atoms. The second kappa shape index (κ2) is 6.89. The number of hydrogen-bond donors (Lipinski definition) is 2. The highest BCUT2D eigenvalue weighted by atomic mass is 16.2. The van der Waals surface area contributed by atoms with E-state index >= 15 is 0 Å². The first-order valence-electron chi connectivity index (χ1n) is 6.42. The van der Waals surface area contributed by atoms with Crippen molar-refractivity contribution in [2.45, 2.75) is 33.2 Å². The van der Waals surface area contributed by atoms with Crippen molar-refractivity contribution in [2.75, 3.05) is 23.7 Å². The third-order valence-corrected chi connectivity index (χ3v) is 2.51. The van der Waals surface area contributed by atoms with Crippen molar-refractivity contribution in [3.63, 3.8) is 0 Å². The largest absolute Gasteiger partial charge is 0.399 e. The third kappa shape index (κ3) is 4.65. The summed E-state index contributed by atoms with van der Waals surface area (Å²) in [4.78, 5) is 13.9. The highest BCUT2D eigenvalue weighted by Crippen LogP contribution is 2.17. The molecule has 0 aromatic heterocycles. The van der Waals surface area contributed by atoms with E-state index in [1.807, 2.05) is 43.0 Å². The molecule has 1 amide bonds. The number of anilines is 2. The maximum absolute atomic E-state index is 11.8. The van der Waals surface area contributed by atoms with Crippen molar-refractivity contribution in [3.05, 3.63) is 24.3 Å². The fourth-order valence-corrected chi connectivity index (χ4v) is 1.83. The predicted octanol–water partition coefficient (Wildman–Crippen LogP) is 2.01. The number of rotatable bonds is 6. The summed E-state index contributed by atoms with van der Waals surface area (Å²) in [5.74, 6) is 0.0425. The SMILES string of the molecule is CCCN(CC(=O)NC(C)C)c1cccc(N)c1. The Morgan fingerprint density at radius 3 is 2.72 bits per heavy atom. The number of hydrogen-bond acceptors (Lipinski definition) is 3. The van der Waals surface area contributed by atoms with Crippen LogP contribution in [0.5, 0.6) is 0 Å². The molecule has 0 saturated heterocycles. The lowest BCUT2D eigenvalue weighted by molar-refractivity contribution is -0.120. The summed E-state index contributed by atoms with van der Waals surface area (Å²) in [6, 6.07) is 7.81. The van der Waals surface area contributed by atoms with E-state index in [1.54, 1.807) is 0 Å². The van der Waals surface area contributed by atoms with Gasteiger partial charge >= 0.3 is 0 Å². The maximum atomic E-state index is 11.8. The number of carbonyl (C=O) groups excluding carboxylic acids is 1. The molecule has 1 aromatic rings. The first kappa shape index (κ1) is 14.4. The lowest BCUT2D eigenvalue weighted by atomic mass is 10.2. The number of nitrogens with two attached hydrogens (primary N) is 1. The summed E-state index contributed by atoms with van der Waals surface area (Å²) in [6.45, 7) is 7.23. The van der Waals surface area contributed by atoms with Crippen LogP contribution in [0.3, 0.4) is 0 Å². The molecule has 4 heteroatoms. The first-order chi connectivity index (χ1) is 8.52. The molecule has 0 aliphatic carbocycles. The van der Waals surface area contributed by atoms with Crippen LogP contribution in [0.25, 0.3) is 0 Å². The Balaban J connectivity index is 2.73. The van der Waals surface area contributed by atoms with Crippen molar-refractivity contribution < 1.29 is 4.79 Å². The quantitative estimate of drug-likeness (QED) is 0.758. The van der Waals surface area contributed by atoms with Crippen molar-refractivity contribution in [3.8, 4) is 0 Å². The molecular weight excluding hydrogens is 226 g/mol. The van der Waals surface area contributed by atoms with Gasteiger partial charge in [0.2, 0.25) is 5.91 Å². The molecule has 100 valence electrons. The molecule has 0 radical (unpaired) electrons. The van der Waals surface area contributed by atoms with Crippen molar-refractivity contribution in [1.82, 2.24) is 5.32 Å². The number of amides is 1. The highest BCUT2D eigenvalue weighted by molar-refractivity contribution is 5.81. The Bertz CT molecular complexity index is 390. The van der Waals surface area contributed by atoms with Gasteiger partial charge in [-0.05, 0) is 38.5 Å². The van der Waals surface area contributed by atoms with Gasteiger partial charge in [-0.15, -0.1) is 0 Å². The minimum atomic E-state index is 0.0425. The van der Waals surface area contributed by atoms with E-state index < -0.39 is 0 Å². The smallest absolute Gasteiger partial charge is 0.239 e. The standard InChI is InChI=1S/C14H23N3O/c1-4-8-17(10-14(18)16-11(2)3)13-7-5-6-12(15)9-13/h5-7,9,11H,4,8,10,15H2,1-3H3,(H,16,18). The first-order valence-corrected chi connectivity index (χ1v) is 6.42. The minimum absolute atomic E-state index is 0.0425. The fourth-order valence-electron chi connectivity index (χ4n) is 1.83. The topological polar surface area (TPSA) is 58.4 Å². The van der Waals surface area contributed by atoms with Gasteiger partial charge in [0.15, 0.2) is 0 Å². The molecule has 0 spiro atoms. The second-order valence-electron chi connectivity index (χ2n) is 4.74. The van der Waals surface area contributed by atoms with Gasteiger partial charge in [0.1, 0.15) is 0 Å². The van der Waals surface area contributed by atoms with Gasteiger partial charge in [-0.1, -0.05) is 13.0 Å². The third-order valence-electron chi connectivity index (χ3n) is 2.51. The van der Waals surface area contributed by atoms with Crippen LogP contribution in [0.1, 0.15) is 27.2 Å². The molecule has 0 bridgehead atoms. The zero-order valence-corrected chi connectivity index (χ0v) is 11.4. The van der Waals surface area contributed by atoms with E-state index in [4.69, 9.17) is 5.73 Å². The van der Waals surface area contributed by atoms with E-state index in [2.05, 4.69) is 12.2 Å². The summed E-state index contributed by atoms with van der Waals surface area (Å²) >= 11 is 0. The van der Waals surface area contributed by atoms with E-state index in [0.717, 1.165) is 24.3 Å². The van der Waals surface area contributed by atoms with Crippen LogP contribution >= 0.6 is 0 Å². The number of nitrogens with zero attached hydrogens (tertiary/aromatic N) is 1. The monoisotopic (exact) mass is 249 g/mol. The van der Waals surface area contributed by atoms with Gasteiger partial charge in [-0.2, -0.15) is 0 Å². The van der Waals surface area contributed by atoms with E-state index in [1.165, 1.54) is 0 Å². The van der Waals surface area contributed by atoms with Crippen LogP contribution in [-0.2, 0) is 4.79 Å². The van der Waals surface area contributed by atoms with E-state index in [9.17, 15) is 4.79 Å². The zero-order chi connectivity index (χ0) is 13.5. The molecule has 0 heterocycles. The number of nitrogen functional groups attached to an aromatic ring is 1. The maximum Gasteiger partial charge on any atom is 0.239 e. The molecule has 4 nitrogen and oxygen atoms in total. The van der Waals surface area contributed by atoms with Crippen LogP contribution in [0, 0.1) is 0 Å². The Labute approximate surface area is 109 Å². The van der Waals surface area contributed by atoms with E-state index in [0.29, 0.717) is 6.54 Å². The molecule has 0 atom stereocenters. The molecule has 0 fully saturated rings. The molecular formula is C14H23N3O. The molecule has 0 aliphatic rings.